The van der Waals surface area contributed by atoms with Crippen LogP contribution in [0, 0.1) is 0 Å². The lowest BCUT2D eigenvalue weighted by Crippen LogP contribution is -2.12. The summed E-state index contributed by atoms with van der Waals surface area (Å²) in [6.45, 7) is 0. The van der Waals surface area contributed by atoms with Crippen molar-refractivity contribution in [2.24, 2.45) is 15.9 Å². The number of aromatic hydroxyl groups is 1. The van der Waals surface area contributed by atoms with Gasteiger partial charge in [0.15, 0.2) is 5.84 Å². The molecule has 1 heterocycles. The Morgan fingerprint density at radius 3 is 2.68 bits per heavy atom. The average Bonchev–Trinajstić information content (AvgIpc) is 2.92. The van der Waals surface area contributed by atoms with Crippen LogP contribution in [0.25, 0.3) is 6.08 Å². The Bertz CT molecular complexity index is 596. The highest BCUT2D eigenvalue weighted by molar-refractivity contribution is 5.97. The molecule has 0 saturated heterocycles. The van der Waals surface area contributed by atoms with Crippen molar-refractivity contribution in [3.63, 3.8) is 0 Å². The standard InChI is InChI=1S/C14H13N3O2/c15-14(11-5-7-12(18)8-6-11)17-16-9-1-3-13-4-2-10-19-13/h1-10,18H,(H2,15,17)/b3-1+,16-9?. The molecule has 0 aliphatic heterocycles. The summed E-state index contributed by atoms with van der Waals surface area (Å²) < 4.78 is 5.11. The van der Waals surface area contributed by atoms with Crippen LogP contribution in [0.15, 0.2) is 63.4 Å². The number of rotatable bonds is 4. The lowest BCUT2D eigenvalue weighted by atomic mass is 10.2. The second kappa shape index (κ2) is 6.20. The molecule has 0 unspecified atom stereocenters. The van der Waals surface area contributed by atoms with E-state index in [9.17, 15) is 0 Å². The third-order valence-corrected chi connectivity index (χ3v) is 2.28. The Balaban J connectivity index is 1.96. The van der Waals surface area contributed by atoms with Crippen LogP contribution >= 0.6 is 0 Å². The molecule has 0 spiro atoms. The molecule has 1 aromatic heterocycles. The van der Waals surface area contributed by atoms with Crippen molar-refractivity contribution in [1.29, 1.82) is 0 Å². The normalized spacial score (nSPS) is 12.5. The van der Waals surface area contributed by atoms with Crippen LogP contribution in [0.5, 0.6) is 5.75 Å². The van der Waals surface area contributed by atoms with Gasteiger partial charge in [0.25, 0.3) is 0 Å². The minimum Gasteiger partial charge on any atom is -0.508 e. The molecule has 0 saturated carbocycles. The summed E-state index contributed by atoms with van der Waals surface area (Å²) in [6.07, 6.45) is 6.57. The Kier molecular flexibility index (Phi) is 4.12. The van der Waals surface area contributed by atoms with E-state index in [-0.39, 0.29) is 11.6 Å². The van der Waals surface area contributed by atoms with Crippen molar-refractivity contribution in [2.75, 3.05) is 0 Å². The number of hydrogen-bond donors (Lipinski definition) is 2. The lowest BCUT2D eigenvalue weighted by molar-refractivity contribution is 0.475. The van der Waals surface area contributed by atoms with Crippen molar-refractivity contribution < 1.29 is 9.52 Å². The molecule has 5 nitrogen and oxygen atoms in total. The lowest BCUT2D eigenvalue weighted by Gasteiger charge is -1.97. The molecule has 0 aliphatic rings. The summed E-state index contributed by atoms with van der Waals surface area (Å²) in [5.41, 5.74) is 6.43. The van der Waals surface area contributed by atoms with Gasteiger partial charge in [-0.15, -0.1) is 5.10 Å². The predicted molar refractivity (Wildman–Crippen MR) is 75.1 cm³/mol. The summed E-state index contributed by atoms with van der Waals surface area (Å²) in [7, 11) is 0. The number of benzene rings is 1. The quantitative estimate of drug-likeness (QED) is 0.499. The summed E-state index contributed by atoms with van der Waals surface area (Å²) in [4.78, 5) is 0. The van der Waals surface area contributed by atoms with Gasteiger partial charge in [0.05, 0.1) is 6.26 Å². The van der Waals surface area contributed by atoms with Crippen LogP contribution in [-0.4, -0.2) is 17.2 Å². The molecule has 19 heavy (non-hydrogen) atoms. The zero-order valence-electron chi connectivity index (χ0n) is 10.1. The second-order valence-electron chi connectivity index (χ2n) is 3.67. The van der Waals surface area contributed by atoms with E-state index in [2.05, 4.69) is 10.2 Å². The van der Waals surface area contributed by atoms with Gasteiger partial charge in [-0.3, -0.25) is 0 Å². The van der Waals surface area contributed by atoms with Gasteiger partial charge in [-0.25, -0.2) is 0 Å². The maximum atomic E-state index is 9.15. The number of furan rings is 1. The van der Waals surface area contributed by atoms with Crippen molar-refractivity contribution in [2.45, 2.75) is 0 Å². The van der Waals surface area contributed by atoms with Crippen LogP contribution in [0.1, 0.15) is 11.3 Å². The van der Waals surface area contributed by atoms with Crippen LogP contribution < -0.4 is 5.73 Å². The third-order valence-electron chi connectivity index (χ3n) is 2.28. The molecule has 2 rings (SSSR count). The SMILES string of the molecule is NC(=NN=C/C=C/c1ccco1)c1ccc(O)cc1. The van der Waals surface area contributed by atoms with Crippen molar-refractivity contribution in [3.8, 4) is 5.75 Å². The zero-order valence-corrected chi connectivity index (χ0v) is 10.1. The fraction of sp³-hybridized carbons (Fsp3) is 0. The molecule has 1 aromatic carbocycles. The molecule has 0 bridgehead atoms. The summed E-state index contributed by atoms with van der Waals surface area (Å²) in [5, 5.41) is 16.8. The molecule has 2 aromatic rings. The molecule has 5 heteroatoms. The molecule has 3 N–H and O–H groups in total. The number of hydrogen-bond acceptors (Lipinski definition) is 4. The van der Waals surface area contributed by atoms with Crippen LogP contribution in [-0.2, 0) is 0 Å². The molecule has 96 valence electrons. The summed E-state index contributed by atoms with van der Waals surface area (Å²) in [6, 6.07) is 10.1. The summed E-state index contributed by atoms with van der Waals surface area (Å²) in [5.74, 6) is 1.20. The van der Waals surface area contributed by atoms with E-state index in [1.54, 1.807) is 36.6 Å². The Morgan fingerprint density at radius 2 is 2.00 bits per heavy atom. The van der Waals surface area contributed by atoms with Gasteiger partial charge in [0, 0.05) is 11.8 Å². The van der Waals surface area contributed by atoms with Gasteiger partial charge in [-0.05, 0) is 48.6 Å². The zero-order chi connectivity index (χ0) is 13.5. The van der Waals surface area contributed by atoms with E-state index in [0.717, 1.165) is 5.76 Å². The van der Waals surface area contributed by atoms with E-state index in [4.69, 9.17) is 15.3 Å². The first-order valence-corrected chi connectivity index (χ1v) is 5.62. The van der Waals surface area contributed by atoms with E-state index in [1.807, 2.05) is 6.07 Å². The van der Waals surface area contributed by atoms with E-state index in [1.165, 1.54) is 18.3 Å². The van der Waals surface area contributed by atoms with Gasteiger partial charge in [0.2, 0.25) is 0 Å². The fourth-order valence-corrected chi connectivity index (χ4v) is 1.35. The molecular formula is C14H13N3O2. The number of nitrogens with zero attached hydrogens (tertiary/aromatic N) is 2. The molecule has 0 aliphatic carbocycles. The topological polar surface area (TPSA) is 84.1 Å². The Morgan fingerprint density at radius 1 is 1.21 bits per heavy atom. The number of amidine groups is 1. The third kappa shape index (κ3) is 3.85. The van der Waals surface area contributed by atoms with Crippen molar-refractivity contribution in [3.05, 3.63) is 60.1 Å². The van der Waals surface area contributed by atoms with Gasteiger partial charge in [-0.1, -0.05) is 0 Å². The maximum Gasteiger partial charge on any atom is 0.153 e. The van der Waals surface area contributed by atoms with E-state index in [0.29, 0.717) is 5.56 Å². The van der Waals surface area contributed by atoms with Crippen LogP contribution in [0.3, 0.4) is 0 Å². The fourth-order valence-electron chi connectivity index (χ4n) is 1.35. The summed E-state index contributed by atoms with van der Waals surface area (Å²) >= 11 is 0. The van der Waals surface area contributed by atoms with E-state index >= 15 is 0 Å². The first-order chi connectivity index (χ1) is 9.25. The minimum absolute atomic E-state index is 0.182. The van der Waals surface area contributed by atoms with Gasteiger partial charge < -0.3 is 15.3 Å². The van der Waals surface area contributed by atoms with Crippen LogP contribution in [0.4, 0.5) is 0 Å². The highest BCUT2D eigenvalue weighted by Gasteiger charge is 1.96. The van der Waals surface area contributed by atoms with Crippen molar-refractivity contribution >= 4 is 18.1 Å². The Labute approximate surface area is 110 Å². The molecular weight excluding hydrogens is 242 g/mol. The Hall–Kier alpha value is -2.82. The minimum atomic E-state index is 0.182. The molecule has 0 radical (unpaired) electrons. The number of allylic oxidation sites excluding steroid dienone is 1. The van der Waals surface area contributed by atoms with Gasteiger partial charge in [0.1, 0.15) is 11.5 Å². The van der Waals surface area contributed by atoms with Crippen LogP contribution in [0.2, 0.25) is 0 Å². The van der Waals surface area contributed by atoms with Gasteiger partial charge in [-0.2, -0.15) is 5.10 Å². The number of phenolic OH excluding ortho intramolecular Hbond substituents is 1. The predicted octanol–water partition coefficient (Wildman–Crippen LogP) is 2.39. The average molecular weight is 255 g/mol. The number of nitrogens with two attached hydrogens (primary N) is 1. The highest BCUT2D eigenvalue weighted by atomic mass is 16.3. The first kappa shape index (κ1) is 12.6. The molecule has 0 atom stereocenters. The second-order valence-corrected chi connectivity index (χ2v) is 3.67. The molecule has 0 fully saturated rings. The largest absolute Gasteiger partial charge is 0.508 e. The monoisotopic (exact) mass is 255 g/mol. The first-order valence-electron chi connectivity index (χ1n) is 5.62. The maximum absolute atomic E-state index is 9.15. The van der Waals surface area contributed by atoms with Gasteiger partial charge >= 0.3 is 0 Å². The number of phenols is 1. The molecule has 0 amide bonds. The van der Waals surface area contributed by atoms with E-state index < -0.39 is 0 Å². The van der Waals surface area contributed by atoms with Crippen molar-refractivity contribution in [1.82, 2.24) is 0 Å². The smallest absolute Gasteiger partial charge is 0.153 e. The highest BCUT2D eigenvalue weighted by Crippen LogP contribution is 2.09.